The van der Waals surface area contributed by atoms with E-state index in [9.17, 15) is 25.0 Å². The molecule has 0 fully saturated rings. The molecule has 0 saturated carbocycles. The Hall–Kier alpha value is -4.19. The van der Waals surface area contributed by atoms with Crippen LogP contribution in [-0.4, -0.2) is 16.8 Å². The van der Waals surface area contributed by atoms with Crippen LogP contribution in [0.15, 0.2) is 72.3 Å². The molecule has 0 saturated heterocycles. The first kappa shape index (κ1) is 23.5. The third-order valence-electron chi connectivity index (χ3n) is 4.24. The highest BCUT2D eigenvalue weighted by Crippen LogP contribution is 2.25. The van der Waals surface area contributed by atoms with E-state index < -0.39 is 16.8 Å². The number of hydrogen-bond acceptors (Lipinski definition) is 6. The minimum absolute atomic E-state index is 0.0268. The Labute approximate surface area is 197 Å². The lowest BCUT2D eigenvalue weighted by molar-refractivity contribution is -0.384. The number of non-ortho nitro benzene ring substituents is 1. The van der Waals surface area contributed by atoms with Crippen molar-refractivity contribution in [3.8, 4) is 11.8 Å². The second-order valence-electron chi connectivity index (χ2n) is 6.52. The molecule has 10 heteroatoms. The lowest BCUT2D eigenvalue weighted by Gasteiger charge is -2.06. The van der Waals surface area contributed by atoms with Gasteiger partial charge in [0.05, 0.1) is 20.5 Å². The number of nitriles is 1. The smallest absolute Gasteiger partial charge is 0.343 e. The summed E-state index contributed by atoms with van der Waals surface area (Å²) in [5.74, 6) is -1.22. The molecule has 0 heterocycles. The van der Waals surface area contributed by atoms with Crippen LogP contribution in [0, 0.1) is 21.4 Å². The number of halogens is 2. The van der Waals surface area contributed by atoms with Gasteiger partial charge in [0.25, 0.3) is 11.6 Å². The molecule has 8 nitrogen and oxygen atoms in total. The summed E-state index contributed by atoms with van der Waals surface area (Å²) < 4.78 is 5.22. The minimum Gasteiger partial charge on any atom is -0.423 e. The molecule has 0 aliphatic heterocycles. The SMILES string of the molecule is N#C/C(=C/c1ccc(OC(=O)c2cccc([N+](=O)[O-])c2)cc1)C(=O)Nc1ccc(Cl)c(Cl)c1. The molecule has 1 amide bonds. The van der Waals surface area contributed by atoms with Gasteiger partial charge in [-0.3, -0.25) is 14.9 Å². The summed E-state index contributed by atoms with van der Waals surface area (Å²) in [5.41, 5.74) is 0.513. The molecule has 3 aromatic rings. The second kappa shape index (κ2) is 10.4. The van der Waals surface area contributed by atoms with Crippen LogP contribution in [0.3, 0.4) is 0 Å². The number of nitro benzene ring substituents is 1. The van der Waals surface area contributed by atoms with Gasteiger partial charge in [0.2, 0.25) is 0 Å². The zero-order chi connectivity index (χ0) is 24.0. The van der Waals surface area contributed by atoms with Gasteiger partial charge in [0.1, 0.15) is 17.4 Å². The molecule has 0 aromatic heterocycles. The Bertz CT molecular complexity index is 1310. The highest BCUT2D eigenvalue weighted by atomic mass is 35.5. The van der Waals surface area contributed by atoms with Crippen LogP contribution in [0.1, 0.15) is 15.9 Å². The zero-order valence-electron chi connectivity index (χ0n) is 16.6. The normalized spacial score (nSPS) is 10.8. The lowest BCUT2D eigenvalue weighted by Crippen LogP contribution is -2.13. The predicted molar refractivity (Wildman–Crippen MR) is 123 cm³/mol. The van der Waals surface area contributed by atoms with Gasteiger partial charge in [-0.2, -0.15) is 5.26 Å². The molecule has 3 rings (SSSR count). The first-order valence-electron chi connectivity index (χ1n) is 9.21. The largest absolute Gasteiger partial charge is 0.423 e. The molecule has 1 N–H and O–H groups in total. The van der Waals surface area contributed by atoms with E-state index in [2.05, 4.69) is 5.32 Å². The van der Waals surface area contributed by atoms with Gasteiger partial charge in [-0.25, -0.2) is 4.79 Å². The van der Waals surface area contributed by atoms with Crippen molar-refractivity contribution >= 4 is 52.5 Å². The number of hydrogen-bond donors (Lipinski definition) is 1. The van der Waals surface area contributed by atoms with Crippen LogP contribution in [0.2, 0.25) is 10.0 Å². The van der Waals surface area contributed by atoms with Gasteiger partial charge in [-0.1, -0.05) is 41.4 Å². The number of esters is 1. The van der Waals surface area contributed by atoms with Crippen molar-refractivity contribution in [3.05, 3.63) is 104 Å². The van der Waals surface area contributed by atoms with Gasteiger partial charge >= 0.3 is 5.97 Å². The standard InChI is InChI=1S/C23H13Cl2N3O5/c24-20-9-6-17(12-21(20)25)27-22(29)16(13-26)10-14-4-7-19(8-5-14)33-23(30)15-2-1-3-18(11-15)28(31)32/h1-12H,(H,27,29)/b16-10-. The van der Waals surface area contributed by atoms with Gasteiger partial charge in [-0.05, 0) is 48.0 Å². The topological polar surface area (TPSA) is 122 Å². The maximum Gasteiger partial charge on any atom is 0.343 e. The molecular formula is C23H13Cl2N3O5. The number of carbonyl (C=O) groups excluding carboxylic acids is 2. The highest BCUT2D eigenvalue weighted by Gasteiger charge is 2.14. The third-order valence-corrected chi connectivity index (χ3v) is 4.98. The number of nitro groups is 1. The van der Waals surface area contributed by atoms with Crippen molar-refractivity contribution in [3.63, 3.8) is 0 Å². The molecule has 0 aliphatic rings. The number of nitrogens with zero attached hydrogens (tertiary/aromatic N) is 2. The Morgan fingerprint density at radius 3 is 2.39 bits per heavy atom. The Kier molecular flexibility index (Phi) is 7.41. The summed E-state index contributed by atoms with van der Waals surface area (Å²) in [6.07, 6.45) is 1.36. The number of rotatable bonds is 6. The molecule has 0 radical (unpaired) electrons. The number of carbonyl (C=O) groups is 2. The average molecular weight is 482 g/mol. The average Bonchev–Trinajstić information content (AvgIpc) is 2.81. The second-order valence-corrected chi connectivity index (χ2v) is 7.33. The van der Waals surface area contributed by atoms with Gasteiger partial charge in [-0.15, -0.1) is 0 Å². The fourth-order valence-corrected chi connectivity index (χ4v) is 2.93. The summed E-state index contributed by atoms with van der Waals surface area (Å²) in [4.78, 5) is 34.9. The first-order valence-corrected chi connectivity index (χ1v) is 9.97. The summed E-state index contributed by atoms with van der Waals surface area (Å²) in [7, 11) is 0. The number of ether oxygens (including phenoxy) is 1. The van der Waals surface area contributed by atoms with Gasteiger partial charge < -0.3 is 10.1 Å². The summed E-state index contributed by atoms with van der Waals surface area (Å²) in [5, 5.41) is 23.3. The number of nitrogens with one attached hydrogen (secondary N) is 1. The Morgan fingerprint density at radius 2 is 1.76 bits per heavy atom. The van der Waals surface area contributed by atoms with E-state index in [1.165, 1.54) is 48.5 Å². The molecule has 0 spiro atoms. The number of anilines is 1. The summed E-state index contributed by atoms with van der Waals surface area (Å²) >= 11 is 11.8. The van der Waals surface area contributed by atoms with E-state index in [1.54, 1.807) is 18.2 Å². The van der Waals surface area contributed by atoms with Crippen molar-refractivity contribution in [2.24, 2.45) is 0 Å². The van der Waals surface area contributed by atoms with Crippen LogP contribution in [0.25, 0.3) is 6.08 Å². The van der Waals surface area contributed by atoms with Gasteiger partial charge in [0, 0.05) is 17.8 Å². The van der Waals surface area contributed by atoms with Crippen molar-refractivity contribution in [1.29, 1.82) is 5.26 Å². The monoisotopic (exact) mass is 481 g/mol. The van der Waals surface area contributed by atoms with E-state index in [4.69, 9.17) is 27.9 Å². The van der Waals surface area contributed by atoms with Crippen molar-refractivity contribution in [2.75, 3.05) is 5.32 Å². The third kappa shape index (κ3) is 6.17. The summed E-state index contributed by atoms with van der Waals surface area (Å²) in [6.45, 7) is 0. The Balaban J connectivity index is 1.70. The van der Waals surface area contributed by atoms with E-state index in [1.807, 2.05) is 6.07 Å². The maximum absolute atomic E-state index is 12.4. The molecule has 33 heavy (non-hydrogen) atoms. The molecule has 164 valence electrons. The van der Waals surface area contributed by atoms with E-state index in [0.29, 0.717) is 16.3 Å². The molecule has 0 atom stereocenters. The quantitative estimate of drug-likeness (QED) is 0.121. The fraction of sp³-hybridized carbons (Fsp3) is 0. The van der Waals surface area contributed by atoms with E-state index in [-0.39, 0.29) is 27.6 Å². The molecule has 3 aromatic carbocycles. The molecule has 0 unspecified atom stereocenters. The van der Waals surface area contributed by atoms with Crippen LogP contribution >= 0.6 is 23.2 Å². The number of amides is 1. The van der Waals surface area contributed by atoms with E-state index >= 15 is 0 Å². The molecule has 0 bridgehead atoms. The predicted octanol–water partition coefficient (Wildman–Crippen LogP) is 5.67. The summed E-state index contributed by atoms with van der Waals surface area (Å²) in [6, 6.07) is 17.5. The van der Waals surface area contributed by atoms with Crippen LogP contribution in [0.5, 0.6) is 5.75 Å². The van der Waals surface area contributed by atoms with Crippen LogP contribution in [-0.2, 0) is 4.79 Å². The van der Waals surface area contributed by atoms with Crippen molar-refractivity contribution in [1.82, 2.24) is 0 Å². The lowest BCUT2D eigenvalue weighted by atomic mass is 10.1. The zero-order valence-corrected chi connectivity index (χ0v) is 18.1. The molecular weight excluding hydrogens is 469 g/mol. The highest BCUT2D eigenvalue weighted by molar-refractivity contribution is 6.42. The fourth-order valence-electron chi connectivity index (χ4n) is 2.63. The minimum atomic E-state index is -0.763. The Morgan fingerprint density at radius 1 is 1.03 bits per heavy atom. The van der Waals surface area contributed by atoms with Crippen LogP contribution < -0.4 is 10.1 Å². The van der Waals surface area contributed by atoms with Gasteiger partial charge in [0.15, 0.2) is 0 Å². The maximum atomic E-state index is 12.4. The molecule has 0 aliphatic carbocycles. The van der Waals surface area contributed by atoms with Crippen molar-refractivity contribution < 1.29 is 19.2 Å². The van der Waals surface area contributed by atoms with E-state index in [0.717, 1.165) is 6.07 Å². The number of benzene rings is 3. The van der Waals surface area contributed by atoms with Crippen molar-refractivity contribution in [2.45, 2.75) is 0 Å². The van der Waals surface area contributed by atoms with Crippen LogP contribution in [0.4, 0.5) is 11.4 Å². The first-order chi connectivity index (χ1) is 15.8.